The monoisotopic (exact) mass is 232 g/mol. The summed E-state index contributed by atoms with van der Waals surface area (Å²) in [5.74, 6) is 0.0879. The summed E-state index contributed by atoms with van der Waals surface area (Å²) in [7, 11) is 0. The lowest BCUT2D eigenvalue weighted by Crippen LogP contribution is -2.16. The quantitative estimate of drug-likeness (QED) is 0.670. The molecule has 0 spiro atoms. The van der Waals surface area contributed by atoms with E-state index in [4.69, 9.17) is 4.74 Å². The molecule has 2 heteroatoms. The van der Waals surface area contributed by atoms with Gasteiger partial charge in [0.05, 0.1) is 0 Å². The van der Waals surface area contributed by atoms with Gasteiger partial charge in [0, 0.05) is 13.0 Å². The van der Waals surface area contributed by atoms with E-state index in [-0.39, 0.29) is 5.78 Å². The molecular formula is C15H20O2. The topological polar surface area (TPSA) is 26.3 Å². The van der Waals surface area contributed by atoms with E-state index in [1.54, 1.807) is 0 Å². The molecular weight excluding hydrogens is 212 g/mol. The summed E-state index contributed by atoms with van der Waals surface area (Å²) in [6.45, 7) is 8.31. The molecule has 0 fully saturated rings. The van der Waals surface area contributed by atoms with Gasteiger partial charge in [-0.25, -0.2) is 0 Å². The van der Waals surface area contributed by atoms with Crippen molar-refractivity contribution in [1.29, 1.82) is 0 Å². The Morgan fingerprint density at radius 1 is 1.29 bits per heavy atom. The second-order valence-electron chi connectivity index (χ2n) is 3.99. The summed E-state index contributed by atoms with van der Waals surface area (Å²) in [5, 5.41) is 0. The molecule has 1 aromatic carbocycles. The highest BCUT2D eigenvalue weighted by molar-refractivity contribution is 5.86. The van der Waals surface area contributed by atoms with E-state index in [0.29, 0.717) is 13.0 Å². The molecule has 1 rings (SSSR count). The first-order chi connectivity index (χ1) is 8.19. The largest absolute Gasteiger partial charge is 0.366 e. The summed E-state index contributed by atoms with van der Waals surface area (Å²) in [4.78, 5) is 12.1. The molecule has 17 heavy (non-hydrogen) atoms. The molecule has 0 N–H and O–H groups in total. The second kappa shape index (κ2) is 7.02. The van der Waals surface area contributed by atoms with Crippen LogP contribution in [-0.2, 0) is 9.53 Å². The minimum Gasteiger partial charge on any atom is -0.366 e. The fraction of sp³-hybridized carbons (Fsp3) is 0.400. The van der Waals surface area contributed by atoms with Gasteiger partial charge in [-0.3, -0.25) is 4.79 Å². The number of carbonyl (C=O) groups is 1. The molecule has 92 valence electrons. The third-order valence-electron chi connectivity index (χ3n) is 2.65. The number of hydrogen-bond donors (Lipinski definition) is 0. The van der Waals surface area contributed by atoms with Gasteiger partial charge in [0.1, 0.15) is 6.10 Å². The maximum Gasteiger partial charge on any atom is 0.170 e. The predicted octanol–water partition coefficient (Wildman–Crippen LogP) is 3.69. The zero-order valence-electron chi connectivity index (χ0n) is 10.6. The highest BCUT2D eigenvalue weighted by atomic mass is 16.5. The van der Waals surface area contributed by atoms with Crippen molar-refractivity contribution in [3.63, 3.8) is 0 Å². The van der Waals surface area contributed by atoms with Crippen molar-refractivity contribution in [3.05, 3.63) is 48.0 Å². The first-order valence-corrected chi connectivity index (χ1v) is 6.04. The van der Waals surface area contributed by atoms with Gasteiger partial charge in [-0.2, -0.15) is 0 Å². The molecule has 2 nitrogen and oxygen atoms in total. The van der Waals surface area contributed by atoms with Crippen LogP contribution < -0.4 is 0 Å². The Bertz CT molecular complexity index is 368. The van der Waals surface area contributed by atoms with Crippen LogP contribution in [0.2, 0.25) is 0 Å². The minimum atomic E-state index is -0.454. The lowest BCUT2D eigenvalue weighted by molar-refractivity contribution is -0.130. The van der Waals surface area contributed by atoms with Crippen molar-refractivity contribution in [2.45, 2.75) is 32.8 Å². The Balaban J connectivity index is 2.79. The molecule has 1 unspecified atom stereocenters. The van der Waals surface area contributed by atoms with Crippen LogP contribution in [0.5, 0.6) is 0 Å². The lowest BCUT2D eigenvalue weighted by Gasteiger charge is -2.16. The van der Waals surface area contributed by atoms with Crippen LogP contribution in [0.3, 0.4) is 0 Å². The van der Waals surface area contributed by atoms with Crippen molar-refractivity contribution in [2.24, 2.45) is 0 Å². The second-order valence-corrected chi connectivity index (χ2v) is 3.99. The Morgan fingerprint density at radius 2 is 1.94 bits per heavy atom. The molecule has 0 radical (unpaired) electrons. The summed E-state index contributed by atoms with van der Waals surface area (Å²) in [6, 6.07) is 9.62. The number of rotatable bonds is 7. The number of hydrogen-bond acceptors (Lipinski definition) is 2. The summed E-state index contributed by atoms with van der Waals surface area (Å²) in [6.07, 6.45) is 0.777. The maximum absolute atomic E-state index is 12.1. The Labute approximate surface area is 103 Å². The van der Waals surface area contributed by atoms with Gasteiger partial charge in [-0.1, -0.05) is 49.4 Å². The van der Waals surface area contributed by atoms with E-state index in [0.717, 1.165) is 17.6 Å². The number of benzene rings is 1. The van der Waals surface area contributed by atoms with Gasteiger partial charge in [-0.15, -0.1) is 0 Å². The minimum absolute atomic E-state index is 0.0879. The normalized spacial score (nSPS) is 12.1. The van der Waals surface area contributed by atoms with Crippen LogP contribution >= 0.6 is 0 Å². The fourth-order valence-corrected chi connectivity index (χ4v) is 1.63. The van der Waals surface area contributed by atoms with Crippen molar-refractivity contribution in [2.75, 3.05) is 6.61 Å². The highest BCUT2D eigenvalue weighted by Gasteiger charge is 2.20. The fourth-order valence-electron chi connectivity index (χ4n) is 1.63. The number of allylic oxidation sites excluding steroid dienone is 1. The van der Waals surface area contributed by atoms with Crippen molar-refractivity contribution >= 4 is 5.78 Å². The van der Waals surface area contributed by atoms with Crippen LogP contribution in [-0.4, -0.2) is 12.4 Å². The SMILES string of the molecule is C=C(CC)CC(=O)C(OCC)c1ccccc1. The van der Waals surface area contributed by atoms with Gasteiger partial charge in [0.15, 0.2) is 5.78 Å². The van der Waals surface area contributed by atoms with Gasteiger partial charge in [0.25, 0.3) is 0 Å². The van der Waals surface area contributed by atoms with E-state index in [9.17, 15) is 4.79 Å². The number of ketones is 1. The lowest BCUT2D eigenvalue weighted by atomic mass is 9.99. The van der Waals surface area contributed by atoms with E-state index in [1.165, 1.54) is 0 Å². The average Bonchev–Trinajstić information content (AvgIpc) is 2.36. The molecule has 0 aliphatic carbocycles. The smallest absolute Gasteiger partial charge is 0.170 e. The molecule has 0 saturated carbocycles. The zero-order chi connectivity index (χ0) is 12.7. The summed E-state index contributed by atoms with van der Waals surface area (Å²) in [5.41, 5.74) is 1.87. The summed E-state index contributed by atoms with van der Waals surface area (Å²) >= 11 is 0. The van der Waals surface area contributed by atoms with Gasteiger partial charge >= 0.3 is 0 Å². The van der Waals surface area contributed by atoms with E-state index >= 15 is 0 Å². The van der Waals surface area contributed by atoms with Gasteiger partial charge < -0.3 is 4.74 Å². The highest BCUT2D eigenvalue weighted by Crippen LogP contribution is 2.21. The molecule has 1 aromatic rings. The first kappa shape index (κ1) is 13.7. The van der Waals surface area contributed by atoms with Crippen molar-refractivity contribution < 1.29 is 9.53 Å². The molecule has 0 amide bonds. The Morgan fingerprint density at radius 3 is 2.47 bits per heavy atom. The molecule has 0 bridgehead atoms. The van der Waals surface area contributed by atoms with Crippen LogP contribution in [0.4, 0.5) is 0 Å². The van der Waals surface area contributed by atoms with Crippen molar-refractivity contribution in [1.82, 2.24) is 0 Å². The maximum atomic E-state index is 12.1. The molecule has 0 heterocycles. The molecule has 0 aromatic heterocycles. The van der Waals surface area contributed by atoms with Crippen LogP contribution in [0.1, 0.15) is 38.4 Å². The average molecular weight is 232 g/mol. The van der Waals surface area contributed by atoms with E-state index < -0.39 is 6.10 Å². The molecule has 0 aliphatic heterocycles. The zero-order valence-corrected chi connectivity index (χ0v) is 10.6. The first-order valence-electron chi connectivity index (χ1n) is 6.04. The third kappa shape index (κ3) is 4.16. The third-order valence-corrected chi connectivity index (χ3v) is 2.65. The van der Waals surface area contributed by atoms with Gasteiger partial charge in [0.2, 0.25) is 0 Å². The number of carbonyl (C=O) groups excluding carboxylic acids is 1. The molecule has 0 saturated heterocycles. The number of ether oxygens (including phenoxy) is 1. The van der Waals surface area contributed by atoms with Gasteiger partial charge in [-0.05, 0) is 18.9 Å². The Hall–Kier alpha value is -1.41. The predicted molar refractivity (Wildman–Crippen MR) is 69.9 cm³/mol. The summed E-state index contributed by atoms with van der Waals surface area (Å²) < 4.78 is 5.54. The standard InChI is InChI=1S/C15H20O2/c1-4-12(3)11-14(16)15(17-5-2)13-9-7-6-8-10-13/h6-10,15H,3-5,11H2,1-2H3. The van der Waals surface area contributed by atoms with E-state index in [2.05, 4.69) is 6.58 Å². The molecule has 0 aliphatic rings. The van der Waals surface area contributed by atoms with Crippen LogP contribution in [0.15, 0.2) is 42.5 Å². The molecule has 1 atom stereocenters. The Kier molecular flexibility index (Phi) is 5.64. The van der Waals surface area contributed by atoms with E-state index in [1.807, 2.05) is 44.2 Å². The van der Waals surface area contributed by atoms with Crippen LogP contribution in [0, 0.1) is 0 Å². The van der Waals surface area contributed by atoms with Crippen molar-refractivity contribution in [3.8, 4) is 0 Å². The van der Waals surface area contributed by atoms with Crippen LogP contribution in [0.25, 0.3) is 0 Å². The number of Topliss-reactive ketones (excluding diaryl/α,β-unsaturated/α-hetero) is 1.